The Morgan fingerprint density at radius 1 is 1.15 bits per heavy atom. The Bertz CT molecular complexity index is 1070. The van der Waals surface area contributed by atoms with Gasteiger partial charge < -0.3 is 24.2 Å². The summed E-state index contributed by atoms with van der Waals surface area (Å²) in [7, 11) is 0. The third-order valence-corrected chi connectivity index (χ3v) is 8.23. The average Bonchev–Trinajstić information content (AvgIpc) is 3.43. The van der Waals surface area contributed by atoms with Crippen molar-refractivity contribution in [3.63, 3.8) is 0 Å². The molecule has 6 atom stereocenters. The first-order valence-electron chi connectivity index (χ1n) is 12.0. The Hall–Kier alpha value is -2.87. The topological polar surface area (TPSA) is 104 Å². The van der Waals surface area contributed by atoms with E-state index in [2.05, 4.69) is 5.16 Å². The first-order chi connectivity index (χ1) is 16.2. The number of rotatable bonds is 5. The molecule has 1 spiro atoms. The van der Waals surface area contributed by atoms with Crippen LogP contribution in [0.15, 0.2) is 35.5 Å². The molecule has 8 nitrogen and oxygen atoms in total. The van der Waals surface area contributed by atoms with Crippen molar-refractivity contribution in [1.29, 1.82) is 0 Å². The summed E-state index contributed by atoms with van der Waals surface area (Å²) in [5.41, 5.74) is -2.83. The lowest BCUT2D eigenvalue weighted by atomic mass is 9.63. The second-order valence-electron chi connectivity index (χ2n) is 9.83. The molecule has 1 aromatic rings. The molecule has 0 aromatic heterocycles. The van der Waals surface area contributed by atoms with E-state index in [0.29, 0.717) is 48.8 Å². The lowest BCUT2D eigenvalue weighted by molar-refractivity contribution is -0.169. The lowest BCUT2D eigenvalue weighted by Gasteiger charge is -2.43. The molecule has 2 heterocycles. The van der Waals surface area contributed by atoms with Crippen LogP contribution in [0.2, 0.25) is 0 Å². The molecule has 3 unspecified atom stereocenters. The van der Waals surface area contributed by atoms with E-state index in [1.54, 1.807) is 13.0 Å². The molecule has 5 rings (SSSR count). The molecule has 8 heteroatoms. The minimum absolute atomic E-state index is 0.168. The molecular formula is C26H31NO7. The van der Waals surface area contributed by atoms with Gasteiger partial charge >= 0.3 is 5.97 Å². The van der Waals surface area contributed by atoms with Gasteiger partial charge in [-0.3, -0.25) is 4.79 Å². The number of hydrogen-bond donors (Lipinski definition) is 1. The number of hydrogen-bond acceptors (Lipinski definition) is 8. The lowest BCUT2D eigenvalue weighted by Crippen LogP contribution is -2.57. The van der Waals surface area contributed by atoms with Gasteiger partial charge in [0.1, 0.15) is 28.6 Å². The minimum Gasteiger partial charge on any atom is -0.493 e. The van der Waals surface area contributed by atoms with Gasteiger partial charge in [-0.05, 0) is 63.8 Å². The highest BCUT2D eigenvalue weighted by Gasteiger charge is 2.73. The number of benzene rings is 1. The Labute approximate surface area is 198 Å². The van der Waals surface area contributed by atoms with Crippen LogP contribution in [-0.2, 0) is 19.2 Å². The van der Waals surface area contributed by atoms with Gasteiger partial charge in [-0.1, -0.05) is 18.1 Å². The van der Waals surface area contributed by atoms with Crippen LogP contribution < -0.4 is 9.47 Å². The Morgan fingerprint density at radius 3 is 2.47 bits per heavy atom. The summed E-state index contributed by atoms with van der Waals surface area (Å²) in [6.07, 6.45) is 3.52. The third-order valence-electron chi connectivity index (χ3n) is 8.23. The fraction of sp³-hybridized carbons (Fsp3) is 0.577. The van der Waals surface area contributed by atoms with Crippen molar-refractivity contribution in [2.75, 3.05) is 13.2 Å². The SMILES string of the molecule is CCOc1cccc(OCC)c1C1=NOC2(C1)C(=O)OC1C2CC[C@H](C)[C@]2(O)C=CC(=O)[C@@]12C. The zero-order valence-corrected chi connectivity index (χ0v) is 20.0. The summed E-state index contributed by atoms with van der Waals surface area (Å²) in [6, 6.07) is 5.52. The number of aliphatic hydroxyl groups is 1. The Morgan fingerprint density at radius 2 is 1.82 bits per heavy atom. The number of oxime groups is 1. The molecule has 2 fully saturated rings. The van der Waals surface area contributed by atoms with Crippen molar-refractivity contribution in [1.82, 2.24) is 0 Å². The molecule has 182 valence electrons. The fourth-order valence-corrected chi connectivity index (χ4v) is 6.28. The van der Waals surface area contributed by atoms with Crippen molar-refractivity contribution >= 4 is 17.5 Å². The predicted octanol–water partition coefficient (Wildman–Crippen LogP) is 3.20. The third kappa shape index (κ3) is 2.84. The van der Waals surface area contributed by atoms with Gasteiger partial charge in [-0.15, -0.1) is 0 Å². The number of carbonyl (C=O) groups is 2. The number of ketones is 1. The maximum absolute atomic E-state index is 13.4. The van der Waals surface area contributed by atoms with E-state index in [4.69, 9.17) is 19.0 Å². The highest BCUT2D eigenvalue weighted by molar-refractivity contribution is 6.09. The van der Waals surface area contributed by atoms with Crippen LogP contribution in [0.25, 0.3) is 0 Å². The van der Waals surface area contributed by atoms with Gasteiger partial charge in [0.25, 0.3) is 0 Å². The van der Waals surface area contributed by atoms with E-state index < -0.39 is 34.6 Å². The van der Waals surface area contributed by atoms with Gasteiger partial charge in [-0.25, -0.2) is 4.79 Å². The van der Waals surface area contributed by atoms with Crippen molar-refractivity contribution < 1.29 is 33.7 Å². The molecule has 1 aromatic carbocycles. The maximum Gasteiger partial charge on any atom is 0.354 e. The number of fused-ring (bicyclic) bond motifs is 4. The highest BCUT2D eigenvalue weighted by atomic mass is 16.7. The highest BCUT2D eigenvalue weighted by Crippen LogP contribution is 2.59. The molecule has 0 radical (unpaired) electrons. The number of carbonyl (C=O) groups excluding carboxylic acids is 2. The Balaban J connectivity index is 1.54. The molecular weight excluding hydrogens is 438 g/mol. The Kier molecular flexibility index (Phi) is 5.28. The molecule has 1 saturated carbocycles. The maximum atomic E-state index is 13.4. The standard InChI is InChI=1S/C26H31NO7/c1-5-31-18-8-7-9-19(32-6-2)21(18)17-14-25(34-27-17)16-11-10-15(3)26(30)13-12-20(28)24(26,4)22(16)33-23(25)29/h7-9,12-13,15-16,22,30H,5-6,10-11,14H2,1-4H3/t15-,16?,22?,24-,25?,26+/m0/s1. The summed E-state index contributed by atoms with van der Waals surface area (Å²) in [5, 5.41) is 15.9. The smallest absolute Gasteiger partial charge is 0.354 e. The van der Waals surface area contributed by atoms with E-state index in [1.165, 1.54) is 6.08 Å². The molecule has 0 bridgehead atoms. The van der Waals surface area contributed by atoms with Gasteiger partial charge in [0, 0.05) is 6.42 Å². The first-order valence-corrected chi connectivity index (χ1v) is 12.0. The largest absolute Gasteiger partial charge is 0.493 e. The number of allylic oxidation sites excluding steroid dienone is 1. The predicted molar refractivity (Wildman–Crippen MR) is 123 cm³/mol. The number of esters is 1. The van der Waals surface area contributed by atoms with Crippen LogP contribution >= 0.6 is 0 Å². The zero-order valence-electron chi connectivity index (χ0n) is 20.0. The molecule has 4 aliphatic rings. The van der Waals surface area contributed by atoms with Gasteiger partial charge in [0.2, 0.25) is 5.60 Å². The van der Waals surface area contributed by atoms with Crippen molar-refractivity contribution in [2.45, 2.75) is 64.3 Å². The van der Waals surface area contributed by atoms with Crippen LogP contribution in [0.4, 0.5) is 0 Å². The minimum atomic E-state index is -1.39. The van der Waals surface area contributed by atoms with Crippen LogP contribution in [0.5, 0.6) is 11.5 Å². The monoisotopic (exact) mass is 469 g/mol. The number of nitrogens with zero attached hydrogens (tertiary/aromatic N) is 1. The summed E-state index contributed by atoms with van der Waals surface area (Å²) in [6.45, 7) is 8.34. The second-order valence-corrected chi connectivity index (χ2v) is 9.83. The first kappa shape index (κ1) is 22.9. The van der Waals surface area contributed by atoms with Crippen LogP contribution in [0.1, 0.15) is 52.5 Å². The van der Waals surface area contributed by atoms with Crippen LogP contribution in [0.3, 0.4) is 0 Å². The molecule has 0 amide bonds. The molecule has 2 aliphatic heterocycles. The van der Waals surface area contributed by atoms with E-state index >= 15 is 0 Å². The van der Waals surface area contributed by atoms with Crippen LogP contribution in [-0.4, -0.2) is 53.1 Å². The zero-order chi connectivity index (χ0) is 24.3. The van der Waals surface area contributed by atoms with E-state index in [9.17, 15) is 14.7 Å². The normalized spacial score (nSPS) is 38.1. The van der Waals surface area contributed by atoms with E-state index in [1.807, 2.05) is 39.0 Å². The summed E-state index contributed by atoms with van der Waals surface area (Å²) in [5.74, 6) is -0.217. The van der Waals surface area contributed by atoms with Gasteiger partial charge in [-0.2, -0.15) is 0 Å². The molecule has 1 saturated heterocycles. The summed E-state index contributed by atoms with van der Waals surface area (Å²) >= 11 is 0. The van der Waals surface area contributed by atoms with E-state index in [0.717, 1.165) is 0 Å². The number of ether oxygens (including phenoxy) is 3. The second kappa shape index (κ2) is 7.83. The summed E-state index contributed by atoms with van der Waals surface area (Å²) in [4.78, 5) is 32.4. The molecule has 2 aliphatic carbocycles. The van der Waals surface area contributed by atoms with Crippen LogP contribution in [0, 0.1) is 17.3 Å². The van der Waals surface area contributed by atoms with Crippen molar-refractivity contribution in [2.24, 2.45) is 22.4 Å². The molecule has 34 heavy (non-hydrogen) atoms. The quantitative estimate of drug-likeness (QED) is 0.661. The van der Waals surface area contributed by atoms with Crippen molar-refractivity contribution in [3.05, 3.63) is 35.9 Å². The summed E-state index contributed by atoms with van der Waals surface area (Å²) < 4.78 is 17.6. The van der Waals surface area contributed by atoms with Gasteiger partial charge in [0.05, 0.1) is 30.4 Å². The van der Waals surface area contributed by atoms with E-state index in [-0.39, 0.29) is 18.1 Å². The average molecular weight is 470 g/mol. The molecule has 1 N–H and O–H groups in total. The van der Waals surface area contributed by atoms with Gasteiger partial charge in [0.15, 0.2) is 5.78 Å². The van der Waals surface area contributed by atoms with Crippen molar-refractivity contribution in [3.8, 4) is 11.5 Å². The fourth-order valence-electron chi connectivity index (χ4n) is 6.28.